The monoisotopic (exact) mass is 479 g/mol. The summed E-state index contributed by atoms with van der Waals surface area (Å²) in [4.78, 5) is 40.1. The Labute approximate surface area is 179 Å². The topological polar surface area (TPSA) is 88.2 Å². The first-order valence-electron chi connectivity index (χ1n) is 9.01. The Morgan fingerprint density at radius 2 is 1.86 bits per heavy atom. The molecule has 1 atom stereocenters. The summed E-state index contributed by atoms with van der Waals surface area (Å²) in [6, 6.07) is 10.7. The van der Waals surface area contributed by atoms with Gasteiger partial charge in [-0.25, -0.2) is 4.79 Å². The number of nitrogens with one attached hydrogen (secondary N) is 1. The van der Waals surface area contributed by atoms with Crippen molar-refractivity contribution in [2.45, 2.75) is 6.10 Å². The van der Waals surface area contributed by atoms with Gasteiger partial charge in [0, 0.05) is 17.9 Å². The second-order valence-electron chi connectivity index (χ2n) is 6.54. The van der Waals surface area contributed by atoms with Gasteiger partial charge in [0.1, 0.15) is 12.7 Å². The van der Waals surface area contributed by atoms with Crippen molar-refractivity contribution in [1.29, 1.82) is 0 Å². The molecule has 29 heavy (non-hydrogen) atoms. The van der Waals surface area contributed by atoms with Crippen LogP contribution in [0.4, 0.5) is 16.2 Å². The van der Waals surface area contributed by atoms with Crippen molar-refractivity contribution in [2.75, 3.05) is 42.6 Å². The lowest BCUT2D eigenvalue weighted by Gasteiger charge is -2.27. The van der Waals surface area contributed by atoms with Crippen molar-refractivity contribution >= 4 is 56.5 Å². The van der Waals surface area contributed by atoms with Gasteiger partial charge >= 0.3 is 6.09 Å². The van der Waals surface area contributed by atoms with Gasteiger partial charge in [-0.15, -0.1) is 11.3 Å². The Morgan fingerprint density at radius 1 is 1.14 bits per heavy atom. The molecule has 4 rings (SSSR count). The number of anilines is 2. The van der Waals surface area contributed by atoms with E-state index < -0.39 is 12.2 Å². The number of hydrogen-bond acceptors (Lipinski definition) is 6. The molecule has 8 nitrogen and oxygen atoms in total. The van der Waals surface area contributed by atoms with E-state index in [2.05, 4.69) is 21.2 Å². The van der Waals surface area contributed by atoms with E-state index in [1.165, 1.54) is 16.2 Å². The standard InChI is InChI=1S/C19H18BrN3O5S/c20-16-6-5-15(29-16)18(25)21-9-14-10-23(19(26)28-14)13-3-1-12(2-4-13)22-7-8-27-11-17(22)24/h1-6,14H,7-11H2,(H,21,25)/t14-/m0/s1. The van der Waals surface area contributed by atoms with Gasteiger partial charge in [0.05, 0.1) is 28.4 Å². The van der Waals surface area contributed by atoms with E-state index in [9.17, 15) is 14.4 Å². The summed E-state index contributed by atoms with van der Waals surface area (Å²) in [5, 5.41) is 2.79. The maximum Gasteiger partial charge on any atom is 0.414 e. The zero-order valence-electron chi connectivity index (χ0n) is 15.3. The first-order chi connectivity index (χ1) is 14.0. The number of hydrogen-bond donors (Lipinski definition) is 1. The Kier molecular flexibility index (Phi) is 5.84. The fourth-order valence-electron chi connectivity index (χ4n) is 3.17. The third kappa shape index (κ3) is 4.44. The lowest BCUT2D eigenvalue weighted by molar-refractivity contribution is -0.125. The van der Waals surface area contributed by atoms with Crippen LogP contribution in [0, 0.1) is 0 Å². The number of carbonyl (C=O) groups excluding carboxylic acids is 3. The summed E-state index contributed by atoms with van der Waals surface area (Å²) < 4.78 is 11.4. The van der Waals surface area contributed by atoms with Crippen molar-refractivity contribution in [3.63, 3.8) is 0 Å². The molecule has 2 fully saturated rings. The second kappa shape index (κ2) is 8.52. The SMILES string of the molecule is O=C(NC[C@H]1CN(c2ccc(N3CCOCC3=O)cc2)C(=O)O1)c1ccc(Br)s1. The molecular formula is C19H18BrN3O5S. The van der Waals surface area contributed by atoms with Crippen LogP contribution in [0.5, 0.6) is 0 Å². The zero-order valence-corrected chi connectivity index (χ0v) is 17.7. The largest absolute Gasteiger partial charge is 0.442 e. The summed E-state index contributed by atoms with van der Waals surface area (Å²) in [7, 11) is 0. The predicted molar refractivity (Wildman–Crippen MR) is 112 cm³/mol. The van der Waals surface area contributed by atoms with Crippen LogP contribution in [0.2, 0.25) is 0 Å². The third-order valence-corrected chi connectivity index (χ3v) is 6.24. The van der Waals surface area contributed by atoms with Crippen LogP contribution in [0.3, 0.4) is 0 Å². The van der Waals surface area contributed by atoms with Crippen LogP contribution < -0.4 is 15.1 Å². The first kappa shape index (κ1) is 19.9. The Balaban J connectivity index is 1.35. The van der Waals surface area contributed by atoms with E-state index in [0.29, 0.717) is 30.3 Å². The molecule has 1 aromatic heterocycles. The average molecular weight is 480 g/mol. The molecule has 0 radical (unpaired) electrons. The van der Waals surface area contributed by atoms with Gasteiger partial charge in [-0.3, -0.25) is 14.5 Å². The zero-order chi connectivity index (χ0) is 20.4. The Morgan fingerprint density at radius 3 is 2.52 bits per heavy atom. The molecule has 2 aliphatic rings. The molecule has 0 unspecified atom stereocenters. The highest BCUT2D eigenvalue weighted by Crippen LogP contribution is 2.26. The number of morpholine rings is 1. The number of carbonyl (C=O) groups is 3. The highest BCUT2D eigenvalue weighted by atomic mass is 79.9. The molecule has 1 N–H and O–H groups in total. The minimum absolute atomic E-state index is 0.0794. The molecule has 2 saturated heterocycles. The second-order valence-corrected chi connectivity index (χ2v) is 9.01. The van der Waals surface area contributed by atoms with Gasteiger partial charge in [0.25, 0.3) is 11.8 Å². The van der Waals surface area contributed by atoms with Crippen molar-refractivity contribution in [1.82, 2.24) is 5.32 Å². The minimum Gasteiger partial charge on any atom is -0.442 e. The summed E-state index contributed by atoms with van der Waals surface area (Å²) in [6.07, 6.45) is -0.895. The molecule has 3 heterocycles. The lowest BCUT2D eigenvalue weighted by Crippen LogP contribution is -2.41. The predicted octanol–water partition coefficient (Wildman–Crippen LogP) is 2.63. The van der Waals surface area contributed by atoms with Crippen LogP contribution in [-0.4, -0.2) is 56.9 Å². The minimum atomic E-state index is -0.460. The quantitative estimate of drug-likeness (QED) is 0.711. The molecule has 0 bridgehead atoms. The van der Waals surface area contributed by atoms with Gasteiger partial charge in [0.15, 0.2) is 0 Å². The molecular weight excluding hydrogens is 462 g/mol. The Hall–Kier alpha value is -2.43. The Bertz CT molecular complexity index is 932. The maximum absolute atomic E-state index is 12.2. The molecule has 0 saturated carbocycles. The van der Waals surface area contributed by atoms with E-state index in [-0.39, 0.29) is 25.0 Å². The maximum atomic E-state index is 12.2. The highest BCUT2D eigenvalue weighted by molar-refractivity contribution is 9.11. The molecule has 152 valence electrons. The number of nitrogens with zero attached hydrogens (tertiary/aromatic N) is 2. The van der Waals surface area contributed by atoms with Gasteiger partial charge in [-0.2, -0.15) is 0 Å². The van der Waals surface area contributed by atoms with Gasteiger partial charge in [0.2, 0.25) is 0 Å². The number of rotatable bonds is 5. The number of cyclic esters (lactones) is 1. The average Bonchev–Trinajstić information content (AvgIpc) is 3.32. The van der Waals surface area contributed by atoms with Crippen molar-refractivity contribution in [3.8, 4) is 0 Å². The smallest absolute Gasteiger partial charge is 0.414 e. The van der Waals surface area contributed by atoms with E-state index in [4.69, 9.17) is 9.47 Å². The number of ether oxygens (including phenoxy) is 2. The molecule has 10 heteroatoms. The normalized spacial score (nSPS) is 19.4. The third-order valence-electron chi connectivity index (χ3n) is 4.62. The highest BCUT2D eigenvalue weighted by Gasteiger charge is 2.33. The summed E-state index contributed by atoms with van der Waals surface area (Å²) in [5.41, 5.74) is 1.44. The number of thiophene rings is 1. The van der Waals surface area contributed by atoms with E-state index in [1.54, 1.807) is 35.2 Å². The number of halogens is 1. The van der Waals surface area contributed by atoms with Crippen molar-refractivity contribution in [2.24, 2.45) is 0 Å². The number of amides is 3. The molecule has 3 amide bonds. The van der Waals surface area contributed by atoms with E-state index >= 15 is 0 Å². The van der Waals surface area contributed by atoms with Gasteiger partial charge < -0.3 is 19.7 Å². The van der Waals surface area contributed by atoms with Crippen molar-refractivity contribution in [3.05, 3.63) is 45.1 Å². The van der Waals surface area contributed by atoms with Crippen molar-refractivity contribution < 1.29 is 23.9 Å². The summed E-state index contributed by atoms with van der Waals surface area (Å²) in [5.74, 6) is -0.284. The fraction of sp³-hybridized carbons (Fsp3) is 0.316. The lowest BCUT2D eigenvalue weighted by atomic mass is 10.2. The van der Waals surface area contributed by atoms with Crippen LogP contribution in [0.15, 0.2) is 40.2 Å². The molecule has 1 aromatic carbocycles. The van der Waals surface area contributed by atoms with E-state index in [1.807, 2.05) is 6.07 Å². The van der Waals surface area contributed by atoms with Gasteiger partial charge in [-0.05, 0) is 52.3 Å². The summed E-state index contributed by atoms with van der Waals surface area (Å²) >= 11 is 4.67. The van der Waals surface area contributed by atoms with Crippen LogP contribution >= 0.6 is 27.3 Å². The first-order valence-corrected chi connectivity index (χ1v) is 10.6. The summed E-state index contributed by atoms with van der Waals surface area (Å²) in [6.45, 7) is 1.66. The van der Waals surface area contributed by atoms with E-state index in [0.717, 1.165) is 9.47 Å². The molecule has 2 aromatic rings. The van der Waals surface area contributed by atoms with Crippen LogP contribution in [-0.2, 0) is 14.3 Å². The molecule has 0 spiro atoms. The fourth-order valence-corrected chi connectivity index (χ4v) is 4.47. The number of benzene rings is 1. The van der Waals surface area contributed by atoms with Gasteiger partial charge in [-0.1, -0.05) is 0 Å². The molecule has 2 aliphatic heterocycles. The van der Waals surface area contributed by atoms with Crippen LogP contribution in [0.25, 0.3) is 0 Å². The van der Waals surface area contributed by atoms with Crippen LogP contribution in [0.1, 0.15) is 9.67 Å². The molecule has 0 aliphatic carbocycles.